The Balaban J connectivity index is 1.76. The normalized spacial score (nSPS) is 11.8. The fraction of sp³-hybridized carbons (Fsp3) is 0.185. The molecule has 40 heavy (non-hydrogen) atoms. The summed E-state index contributed by atoms with van der Waals surface area (Å²) in [5.74, 6) is -1.07. The predicted molar refractivity (Wildman–Crippen MR) is 139 cm³/mol. The van der Waals surface area contributed by atoms with Gasteiger partial charge >= 0.3 is 17.8 Å². The molecule has 0 atom stereocenters. The quantitative estimate of drug-likeness (QED) is 0.127. The maximum absolute atomic E-state index is 13.4. The van der Waals surface area contributed by atoms with E-state index >= 15 is 0 Å². The van der Waals surface area contributed by atoms with E-state index in [2.05, 4.69) is 10.1 Å². The van der Waals surface area contributed by atoms with Crippen LogP contribution in [0.15, 0.2) is 76.6 Å². The Bertz CT molecular complexity index is 1680. The van der Waals surface area contributed by atoms with Crippen LogP contribution in [-0.2, 0) is 15.7 Å². The molecule has 0 fully saturated rings. The smallest absolute Gasteiger partial charge is 0.416 e. The molecule has 10 nitrogen and oxygen atoms in total. The minimum Gasteiger partial charge on any atom is -0.475 e. The van der Waals surface area contributed by atoms with Crippen LogP contribution in [0.1, 0.15) is 25.0 Å². The molecule has 3 aromatic carbocycles. The summed E-state index contributed by atoms with van der Waals surface area (Å²) in [6.45, 7) is 2.73. The van der Waals surface area contributed by atoms with Crippen molar-refractivity contribution in [2.45, 2.75) is 26.1 Å². The Morgan fingerprint density at radius 2 is 1.88 bits per heavy atom. The number of hydrogen-bond acceptors (Lipinski definition) is 8. The lowest BCUT2D eigenvalue weighted by Gasteiger charge is -2.12. The van der Waals surface area contributed by atoms with Gasteiger partial charge in [-0.1, -0.05) is 24.3 Å². The second kappa shape index (κ2) is 11.4. The highest BCUT2D eigenvalue weighted by atomic mass is 19.4. The summed E-state index contributed by atoms with van der Waals surface area (Å²) in [5.41, 5.74) is -1.68. The van der Waals surface area contributed by atoms with E-state index in [1.165, 1.54) is 30.3 Å². The third kappa shape index (κ3) is 6.31. The van der Waals surface area contributed by atoms with Crippen molar-refractivity contribution >= 4 is 28.8 Å². The van der Waals surface area contributed by atoms with Crippen molar-refractivity contribution < 1.29 is 32.4 Å². The number of nitro benzene ring substituents is 1. The number of hydrogen-bond donors (Lipinski definition) is 0. The molecule has 1 aromatic heterocycles. The van der Waals surface area contributed by atoms with Crippen molar-refractivity contribution in [2.75, 3.05) is 6.61 Å². The van der Waals surface area contributed by atoms with E-state index in [-0.39, 0.29) is 33.6 Å². The minimum atomic E-state index is -4.63. The van der Waals surface area contributed by atoms with Crippen LogP contribution in [0, 0.1) is 10.1 Å². The molecule has 0 unspecified atom stereocenters. The number of alkyl halides is 3. The number of nitro groups is 1. The van der Waals surface area contributed by atoms with Gasteiger partial charge in [-0.05, 0) is 50.2 Å². The van der Waals surface area contributed by atoms with E-state index in [0.29, 0.717) is 0 Å². The fourth-order valence-electron chi connectivity index (χ4n) is 3.69. The number of halogens is 3. The van der Waals surface area contributed by atoms with Gasteiger partial charge in [0.2, 0.25) is 0 Å². The van der Waals surface area contributed by atoms with Crippen molar-refractivity contribution in [3.05, 3.63) is 98.3 Å². The molecule has 0 radical (unpaired) electrons. The summed E-state index contributed by atoms with van der Waals surface area (Å²) in [6.07, 6.45) is -3.90. The number of nitrogens with zero attached hydrogens (tertiary/aromatic N) is 4. The summed E-state index contributed by atoms with van der Waals surface area (Å²) < 4.78 is 51.1. The monoisotopic (exact) mass is 554 g/mol. The fourth-order valence-corrected chi connectivity index (χ4v) is 3.69. The van der Waals surface area contributed by atoms with E-state index in [4.69, 9.17) is 9.47 Å². The van der Waals surface area contributed by atoms with Gasteiger partial charge in [0.15, 0.2) is 18.2 Å². The molecule has 0 aliphatic rings. The molecule has 206 valence electrons. The summed E-state index contributed by atoms with van der Waals surface area (Å²) in [7, 11) is 0. The van der Waals surface area contributed by atoms with Crippen LogP contribution in [0.4, 0.5) is 18.9 Å². The Morgan fingerprint density at radius 1 is 1.12 bits per heavy atom. The van der Waals surface area contributed by atoms with E-state index in [1.807, 2.05) is 0 Å². The molecule has 0 spiro atoms. The highest BCUT2D eigenvalue weighted by molar-refractivity contribution is 5.83. The molecule has 1 heterocycles. The number of rotatable bonds is 8. The number of carbonyl (C=O) groups is 1. The van der Waals surface area contributed by atoms with Gasteiger partial charge in [-0.25, -0.2) is 9.78 Å². The maximum Gasteiger partial charge on any atom is 0.416 e. The highest BCUT2D eigenvalue weighted by Gasteiger charge is 2.31. The Morgan fingerprint density at radius 3 is 2.58 bits per heavy atom. The zero-order chi connectivity index (χ0) is 29.0. The van der Waals surface area contributed by atoms with Gasteiger partial charge in [0.25, 0.3) is 5.56 Å². The number of para-hydroxylation sites is 1. The van der Waals surface area contributed by atoms with Gasteiger partial charge in [0, 0.05) is 17.2 Å². The van der Waals surface area contributed by atoms with Crippen LogP contribution in [-0.4, -0.2) is 39.5 Å². The van der Waals surface area contributed by atoms with Gasteiger partial charge < -0.3 is 9.47 Å². The molecule has 0 aliphatic heterocycles. The standard InChI is InChI=1S/C27H21F3N4O6/c1-16(2)40-24(35)15-39-23-11-10-17(12-22(23)34(37)38)14-31-33-25(18-6-5-7-19(13-18)27(28,29)30)32-21-9-4-3-8-20(21)26(33)36/h3-14,16H,15H2,1-2H3. The average molecular weight is 554 g/mol. The third-order valence-electron chi connectivity index (χ3n) is 5.42. The second-order valence-corrected chi connectivity index (χ2v) is 8.70. The van der Waals surface area contributed by atoms with Crippen molar-refractivity contribution in [3.63, 3.8) is 0 Å². The van der Waals surface area contributed by atoms with Crippen LogP contribution in [0.5, 0.6) is 5.75 Å². The van der Waals surface area contributed by atoms with E-state index in [9.17, 15) is 32.9 Å². The zero-order valence-electron chi connectivity index (χ0n) is 21.1. The number of ether oxygens (including phenoxy) is 2. The Kier molecular flexibility index (Phi) is 7.93. The van der Waals surface area contributed by atoms with Gasteiger partial charge in [-0.2, -0.15) is 22.9 Å². The topological polar surface area (TPSA) is 126 Å². The van der Waals surface area contributed by atoms with Crippen molar-refractivity contribution in [1.29, 1.82) is 0 Å². The van der Waals surface area contributed by atoms with Crippen LogP contribution < -0.4 is 10.3 Å². The first-order valence-electron chi connectivity index (χ1n) is 11.8. The Labute approximate surface area is 224 Å². The van der Waals surface area contributed by atoms with Crippen molar-refractivity contribution in [3.8, 4) is 17.1 Å². The molecule has 0 saturated carbocycles. The van der Waals surface area contributed by atoms with E-state index in [0.717, 1.165) is 29.1 Å². The SMILES string of the molecule is CC(C)OC(=O)COc1ccc(C=Nn2c(-c3cccc(C(F)(F)F)c3)nc3ccccc3c2=O)cc1[N+](=O)[O-]. The van der Waals surface area contributed by atoms with Gasteiger partial charge in [-0.3, -0.25) is 14.9 Å². The van der Waals surface area contributed by atoms with Crippen molar-refractivity contribution in [1.82, 2.24) is 9.66 Å². The van der Waals surface area contributed by atoms with Gasteiger partial charge in [0.1, 0.15) is 0 Å². The minimum absolute atomic E-state index is 0.0159. The largest absolute Gasteiger partial charge is 0.475 e. The molecular formula is C27H21F3N4O6. The highest BCUT2D eigenvalue weighted by Crippen LogP contribution is 2.32. The number of aromatic nitrogens is 2. The lowest BCUT2D eigenvalue weighted by atomic mass is 10.1. The molecule has 0 amide bonds. The number of fused-ring (bicyclic) bond motifs is 1. The molecule has 0 aliphatic carbocycles. The first-order valence-corrected chi connectivity index (χ1v) is 11.8. The molecule has 0 saturated heterocycles. The van der Waals surface area contributed by atoms with Crippen LogP contribution in [0.25, 0.3) is 22.3 Å². The number of carbonyl (C=O) groups excluding carboxylic acids is 1. The summed E-state index contributed by atoms with van der Waals surface area (Å²) >= 11 is 0. The molecule has 13 heteroatoms. The van der Waals surface area contributed by atoms with Crippen LogP contribution >= 0.6 is 0 Å². The molecule has 4 rings (SSSR count). The third-order valence-corrected chi connectivity index (χ3v) is 5.42. The lowest BCUT2D eigenvalue weighted by Crippen LogP contribution is -2.20. The zero-order valence-corrected chi connectivity index (χ0v) is 21.1. The molecule has 0 N–H and O–H groups in total. The summed E-state index contributed by atoms with van der Waals surface area (Å²) in [6, 6.07) is 14.3. The van der Waals surface area contributed by atoms with E-state index in [1.54, 1.807) is 32.0 Å². The second-order valence-electron chi connectivity index (χ2n) is 8.70. The average Bonchev–Trinajstić information content (AvgIpc) is 2.90. The predicted octanol–water partition coefficient (Wildman–Crippen LogP) is 5.20. The number of esters is 1. The lowest BCUT2D eigenvalue weighted by molar-refractivity contribution is -0.385. The molecule has 4 aromatic rings. The first kappa shape index (κ1) is 28.0. The van der Waals surface area contributed by atoms with Gasteiger partial charge in [0.05, 0.1) is 33.7 Å². The first-order chi connectivity index (χ1) is 18.9. The Hall–Kier alpha value is -5.07. The van der Waals surface area contributed by atoms with Crippen LogP contribution in [0.2, 0.25) is 0 Å². The number of benzene rings is 3. The summed E-state index contributed by atoms with van der Waals surface area (Å²) in [4.78, 5) is 40.3. The summed E-state index contributed by atoms with van der Waals surface area (Å²) in [5, 5.41) is 15.9. The molecular weight excluding hydrogens is 533 g/mol. The van der Waals surface area contributed by atoms with Gasteiger partial charge in [-0.15, -0.1) is 0 Å². The van der Waals surface area contributed by atoms with E-state index < -0.39 is 46.6 Å². The molecule has 0 bridgehead atoms. The van der Waals surface area contributed by atoms with Crippen LogP contribution in [0.3, 0.4) is 0 Å². The van der Waals surface area contributed by atoms with Crippen molar-refractivity contribution in [2.24, 2.45) is 5.10 Å². The maximum atomic E-state index is 13.4.